The maximum Gasteiger partial charge on any atom is 0.161 e. The molecule has 3 heteroatoms. The van der Waals surface area contributed by atoms with Crippen LogP contribution in [0.4, 0.5) is 0 Å². The van der Waals surface area contributed by atoms with Crippen LogP contribution in [0.1, 0.15) is 23.1 Å². The Kier molecular flexibility index (Phi) is 3.96. The smallest absolute Gasteiger partial charge is 0.161 e. The van der Waals surface area contributed by atoms with Crippen molar-refractivity contribution in [1.82, 2.24) is 0 Å². The van der Waals surface area contributed by atoms with E-state index in [1.54, 1.807) is 14.2 Å². The molecule has 0 saturated carbocycles. The van der Waals surface area contributed by atoms with Crippen molar-refractivity contribution in [1.29, 1.82) is 0 Å². The van der Waals surface area contributed by atoms with Gasteiger partial charge < -0.3 is 9.47 Å². The number of hydrogen-bond donors (Lipinski definition) is 0. The summed E-state index contributed by atoms with van der Waals surface area (Å²) in [5.41, 5.74) is 5.13. The second-order valence-corrected chi connectivity index (χ2v) is 5.25. The quantitative estimate of drug-likeness (QED) is 0.807. The van der Waals surface area contributed by atoms with E-state index in [4.69, 9.17) is 9.47 Å². The Bertz CT molecular complexity index is 730. The molecule has 0 aliphatic heterocycles. The van der Waals surface area contributed by atoms with Gasteiger partial charge in [0.2, 0.25) is 0 Å². The van der Waals surface area contributed by atoms with E-state index in [9.17, 15) is 4.79 Å². The van der Waals surface area contributed by atoms with Crippen LogP contribution in [0.5, 0.6) is 11.5 Å². The van der Waals surface area contributed by atoms with Crippen molar-refractivity contribution in [2.75, 3.05) is 14.2 Å². The lowest BCUT2D eigenvalue weighted by molar-refractivity contribution is -0.105. The molecule has 3 nitrogen and oxygen atoms in total. The van der Waals surface area contributed by atoms with Crippen LogP contribution in [0.25, 0.3) is 5.57 Å². The van der Waals surface area contributed by atoms with Gasteiger partial charge in [0.1, 0.15) is 6.29 Å². The van der Waals surface area contributed by atoms with Gasteiger partial charge in [-0.1, -0.05) is 30.3 Å². The van der Waals surface area contributed by atoms with Crippen molar-refractivity contribution < 1.29 is 14.3 Å². The zero-order chi connectivity index (χ0) is 15.5. The van der Waals surface area contributed by atoms with Crippen molar-refractivity contribution in [3.63, 3.8) is 0 Å². The van der Waals surface area contributed by atoms with Gasteiger partial charge in [-0.05, 0) is 47.2 Å². The summed E-state index contributed by atoms with van der Waals surface area (Å²) in [6.07, 6.45) is 2.55. The molecule has 0 atom stereocenters. The first-order valence-corrected chi connectivity index (χ1v) is 7.27. The monoisotopic (exact) mass is 294 g/mol. The first kappa shape index (κ1) is 14.4. The summed E-state index contributed by atoms with van der Waals surface area (Å²) >= 11 is 0. The van der Waals surface area contributed by atoms with E-state index >= 15 is 0 Å². The standard InChI is InChI=1S/C19H18O3/c1-21-17-10-14-8-9-15(12-20)19(13-6-4-3-5-7-13)16(14)11-18(17)22-2/h3-7,10-12H,8-9H2,1-2H3. The zero-order valence-corrected chi connectivity index (χ0v) is 12.8. The predicted octanol–water partition coefficient (Wildman–Crippen LogP) is 3.65. The number of carbonyl (C=O) groups is 1. The third-order valence-corrected chi connectivity index (χ3v) is 4.07. The van der Waals surface area contributed by atoms with Crippen LogP contribution in [0, 0.1) is 0 Å². The van der Waals surface area contributed by atoms with Crippen molar-refractivity contribution in [2.24, 2.45) is 0 Å². The van der Waals surface area contributed by atoms with E-state index in [-0.39, 0.29) is 0 Å². The number of methoxy groups -OCH3 is 2. The molecule has 0 radical (unpaired) electrons. The van der Waals surface area contributed by atoms with E-state index in [2.05, 4.69) is 0 Å². The van der Waals surface area contributed by atoms with Gasteiger partial charge in [-0.2, -0.15) is 0 Å². The van der Waals surface area contributed by atoms with Crippen molar-refractivity contribution in [2.45, 2.75) is 12.8 Å². The molecule has 0 amide bonds. The molecule has 1 aliphatic rings. The highest BCUT2D eigenvalue weighted by Crippen LogP contribution is 2.40. The Morgan fingerprint density at radius 2 is 1.64 bits per heavy atom. The van der Waals surface area contributed by atoms with Crippen molar-refractivity contribution in [3.05, 3.63) is 64.7 Å². The highest BCUT2D eigenvalue weighted by atomic mass is 16.5. The van der Waals surface area contributed by atoms with Crippen LogP contribution in [0.2, 0.25) is 0 Å². The van der Waals surface area contributed by atoms with Crippen LogP contribution >= 0.6 is 0 Å². The fourth-order valence-corrected chi connectivity index (χ4v) is 2.99. The molecule has 0 aromatic heterocycles. The summed E-state index contributed by atoms with van der Waals surface area (Å²) in [5.74, 6) is 1.41. The van der Waals surface area contributed by atoms with Gasteiger partial charge in [0, 0.05) is 5.57 Å². The molecule has 2 aromatic carbocycles. The molecule has 2 aromatic rings. The topological polar surface area (TPSA) is 35.5 Å². The molecule has 1 aliphatic carbocycles. The van der Waals surface area contributed by atoms with E-state index < -0.39 is 0 Å². The van der Waals surface area contributed by atoms with Crippen LogP contribution in [-0.4, -0.2) is 20.5 Å². The SMILES string of the molecule is COc1cc2c(cc1OC)C(c1ccccc1)=C(C=O)CC2. The van der Waals surface area contributed by atoms with Gasteiger partial charge in [0.05, 0.1) is 14.2 Å². The maximum absolute atomic E-state index is 11.5. The summed E-state index contributed by atoms with van der Waals surface area (Å²) in [5, 5.41) is 0. The molecule has 112 valence electrons. The predicted molar refractivity (Wildman–Crippen MR) is 86.4 cm³/mol. The average Bonchev–Trinajstić information content (AvgIpc) is 2.60. The minimum atomic E-state index is 0.682. The third kappa shape index (κ3) is 2.39. The number of aryl methyl sites for hydroxylation is 1. The maximum atomic E-state index is 11.5. The van der Waals surface area contributed by atoms with Gasteiger partial charge >= 0.3 is 0 Å². The number of carbonyl (C=O) groups excluding carboxylic acids is 1. The van der Waals surface area contributed by atoms with E-state index in [1.165, 1.54) is 5.56 Å². The lowest BCUT2D eigenvalue weighted by Crippen LogP contribution is -2.08. The lowest BCUT2D eigenvalue weighted by Gasteiger charge is -2.23. The largest absolute Gasteiger partial charge is 0.493 e. The van der Waals surface area contributed by atoms with Crippen LogP contribution in [0.15, 0.2) is 48.0 Å². The molecule has 0 N–H and O–H groups in total. The number of ether oxygens (including phenoxy) is 2. The molecule has 0 spiro atoms. The third-order valence-electron chi connectivity index (χ3n) is 4.07. The number of allylic oxidation sites excluding steroid dienone is 1. The first-order valence-electron chi connectivity index (χ1n) is 7.27. The molecule has 0 saturated heterocycles. The van der Waals surface area contributed by atoms with Crippen LogP contribution in [-0.2, 0) is 11.2 Å². The molecule has 3 rings (SSSR count). The number of benzene rings is 2. The molecule has 0 bridgehead atoms. The Labute approximate surface area is 130 Å². The Morgan fingerprint density at radius 1 is 0.955 bits per heavy atom. The Balaban J connectivity index is 2.24. The molecule has 0 fully saturated rings. The highest BCUT2D eigenvalue weighted by molar-refractivity contribution is 5.97. The molecule has 0 unspecified atom stereocenters. The Morgan fingerprint density at radius 3 is 2.27 bits per heavy atom. The average molecular weight is 294 g/mol. The molecule has 22 heavy (non-hydrogen) atoms. The minimum absolute atomic E-state index is 0.682. The Hall–Kier alpha value is -2.55. The highest BCUT2D eigenvalue weighted by Gasteiger charge is 2.22. The molecular weight excluding hydrogens is 276 g/mol. The summed E-state index contributed by atoms with van der Waals surface area (Å²) < 4.78 is 10.8. The van der Waals surface area contributed by atoms with E-state index in [1.807, 2.05) is 42.5 Å². The minimum Gasteiger partial charge on any atom is -0.493 e. The fraction of sp³-hybridized carbons (Fsp3) is 0.211. The van der Waals surface area contributed by atoms with Crippen molar-refractivity contribution in [3.8, 4) is 11.5 Å². The van der Waals surface area contributed by atoms with Crippen LogP contribution < -0.4 is 9.47 Å². The summed E-state index contributed by atoms with van der Waals surface area (Å²) in [4.78, 5) is 11.5. The molecular formula is C19H18O3. The zero-order valence-electron chi connectivity index (χ0n) is 12.8. The van der Waals surface area contributed by atoms with Gasteiger partial charge in [-0.3, -0.25) is 4.79 Å². The van der Waals surface area contributed by atoms with Gasteiger partial charge in [-0.15, -0.1) is 0 Å². The number of hydrogen-bond acceptors (Lipinski definition) is 3. The lowest BCUT2D eigenvalue weighted by atomic mass is 9.82. The van der Waals surface area contributed by atoms with Gasteiger partial charge in [-0.25, -0.2) is 0 Å². The van der Waals surface area contributed by atoms with E-state index in [0.29, 0.717) is 5.75 Å². The summed E-state index contributed by atoms with van der Waals surface area (Å²) in [6.45, 7) is 0. The van der Waals surface area contributed by atoms with Gasteiger partial charge in [0.25, 0.3) is 0 Å². The summed E-state index contributed by atoms with van der Waals surface area (Å²) in [7, 11) is 3.26. The van der Waals surface area contributed by atoms with Crippen LogP contribution in [0.3, 0.4) is 0 Å². The second kappa shape index (κ2) is 6.06. The van der Waals surface area contributed by atoms with Crippen molar-refractivity contribution >= 4 is 11.9 Å². The molecule has 0 heterocycles. The fourth-order valence-electron chi connectivity index (χ4n) is 2.99. The summed E-state index contributed by atoms with van der Waals surface area (Å²) in [6, 6.07) is 14.0. The number of aldehydes is 1. The van der Waals surface area contributed by atoms with E-state index in [0.717, 1.165) is 47.2 Å². The number of rotatable bonds is 4. The normalized spacial score (nSPS) is 13.5. The number of fused-ring (bicyclic) bond motifs is 1. The first-order chi connectivity index (χ1) is 10.8. The second-order valence-electron chi connectivity index (χ2n) is 5.25. The van der Waals surface area contributed by atoms with Gasteiger partial charge in [0.15, 0.2) is 11.5 Å².